The zero-order valence-electron chi connectivity index (χ0n) is 9.20. The Balaban J connectivity index is 2.19. The molecule has 14 heavy (non-hydrogen) atoms. The largest absolute Gasteiger partial charge is 0.370 e. The molecule has 82 valence electrons. The molecule has 1 fully saturated rings. The van der Waals surface area contributed by atoms with Crippen LogP contribution in [-0.2, 0) is 4.79 Å². The summed E-state index contributed by atoms with van der Waals surface area (Å²) in [6.07, 6.45) is 3.04. The standard InChI is InChI=1S/C10H21N3O/c1-12(7-5-10(11)14)8-9-4-3-6-13(9)2/h9H,3-8H2,1-2H3,(H2,11,14). The van der Waals surface area contributed by atoms with E-state index in [2.05, 4.69) is 23.9 Å². The lowest BCUT2D eigenvalue weighted by Gasteiger charge is -2.25. The van der Waals surface area contributed by atoms with E-state index in [-0.39, 0.29) is 5.91 Å². The van der Waals surface area contributed by atoms with Crippen molar-refractivity contribution >= 4 is 5.91 Å². The van der Waals surface area contributed by atoms with Crippen LogP contribution in [0.5, 0.6) is 0 Å². The molecule has 1 heterocycles. The molecule has 0 aliphatic carbocycles. The molecular weight excluding hydrogens is 178 g/mol. The van der Waals surface area contributed by atoms with E-state index < -0.39 is 0 Å². The first kappa shape index (κ1) is 11.5. The molecule has 1 aliphatic heterocycles. The highest BCUT2D eigenvalue weighted by Crippen LogP contribution is 2.15. The molecule has 0 aromatic rings. The van der Waals surface area contributed by atoms with Crippen LogP contribution in [0.15, 0.2) is 0 Å². The molecular formula is C10H21N3O. The molecule has 0 radical (unpaired) electrons. The van der Waals surface area contributed by atoms with Crippen molar-refractivity contribution in [3.8, 4) is 0 Å². The molecule has 0 saturated carbocycles. The summed E-state index contributed by atoms with van der Waals surface area (Å²) in [6.45, 7) is 3.03. The van der Waals surface area contributed by atoms with Gasteiger partial charge in [-0.25, -0.2) is 0 Å². The summed E-state index contributed by atoms with van der Waals surface area (Å²) in [6, 6.07) is 0.660. The molecule has 1 atom stereocenters. The highest BCUT2D eigenvalue weighted by atomic mass is 16.1. The predicted molar refractivity (Wildman–Crippen MR) is 57.0 cm³/mol. The summed E-state index contributed by atoms with van der Waals surface area (Å²) in [5.74, 6) is -0.211. The maximum Gasteiger partial charge on any atom is 0.218 e. The van der Waals surface area contributed by atoms with Crippen LogP contribution in [0.3, 0.4) is 0 Å². The first-order valence-electron chi connectivity index (χ1n) is 5.26. The number of carbonyl (C=O) groups excluding carboxylic acids is 1. The van der Waals surface area contributed by atoms with Crippen molar-refractivity contribution in [3.63, 3.8) is 0 Å². The van der Waals surface area contributed by atoms with Gasteiger partial charge in [0.2, 0.25) is 5.91 Å². The first-order valence-corrected chi connectivity index (χ1v) is 5.26. The van der Waals surface area contributed by atoms with Gasteiger partial charge in [-0.2, -0.15) is 0 Å². The van der Waals surface area contributed by atoms with Gasteiger partial charge in [0.05, 0.1) is 0 Å². The second-order valence-electron chi connectivity index (χ2n) is 4.26. The molecule has 0 aromatic heterocycles. The van der Waals surface area contributed by atoms with Crippen LogP contribution in [-0.4, -0.2) is 55.5 Å². The molecule has 1 unspecified atom stereocenters. The van der Waals surface area contributed by atoms with Crippen LogP contribution in [0, 0.1) is 0 Å². The van der Waals surface area contributed by atoms with Crippen LogP contribution in [0.4, 0.5) is 0 Å². The molecule has 1 rings (SSSR count). The molecule has 2 N–H and O–H groups in total. The van der Waals surface area contributed by atoms with E-state index in [9.17, 15) is 4.79 Å². The highest BCUT2D eigenvalue weighted by Gasteiger charge is 2.21. The Morgan fingerprint density at radius 3 is 2.86 bits per heavy atom. The molecule has 0 spiro atoms. The summed E-state index contributed by atoms with van der Waals surface area (Å²) in [7, 11) is 4.22. The molecule has 1 aliphatic rings. The summed E-state index contributed by atoms with van der Waals surface area (Å²) in [4.78, 5) is 15.2. The number of amides is 1. The molecule has 4 heteroatoms. The fraction of sp³-hybridized carbons (Fsp3) is 0.900. The van der Waals surface area contributed by atoms with E-state index in [1.54, 1.807) is 0 Å². The van der Waals surface area contributed by atoms with Crippen LogP contribution in [0.1, 0.15) is 19.3 Å². The van der Waals surface area contributed by atoms with Gasteiger partial charge in [-0.05, 0) is 33.5 Å². The van der Waals surface area contributed by atoms with Crippen molar-refractivity contribution in [2.45, 2.75) is 25.3 Å². The summed E-state index contributed by atoms with van der Waals surface area (Å²) < 4.78 is 0. The minimum Gasteiger partial charge on any atom is -0.370 e. The second-order valence-corrected chi connectivity index (χ2v) is 4.26. The third-order valence-electron chi connectivity index (χ3n) is 2.93. The maximum absolute atomic E-state index is 10.6. The van der Waals surface area contributed by atoms with Crippen molar-refractivity contribution in [1.82, 2.24) is 9.80 Å². The topological polar surface area (TPSA) is 49.6 Å². The van der Waals surface area contributed by atoms with Crippen molar-refractivity contribution < 1.29 is 4.79 Å². The Hall–Kier alpha value is -0.610. The number of hydrogen-bond donors (Lipinski definition) is 1. The van der Waals surface area contributed by atoms with Gasteiger partial charge in [0, 0.05) is 25.6 Å². The second kappa shape index (κ2) is 5.32. The summed E-state index contributed by atoms with van der Waals surface area (Å²) >= 11 is 0. The molecule has 4 nitrogen and oxygen atoms in total. The summed E-state index contributed by atoms with van der Waals surface area (Å²) in [5, 5.41) is 0. The van der Waals surface area contributed by atoms with Crippen LogP contribution in [0.25, 0.3) is 0 Å². The number of rotatable bonds is 5. The lowest BCUT2D eigenvalue weighted by Crippen LogP contribution is -2.37. The number of likely N-dealkylation sites (tertiary alicyclic amines) is 1. The average molecular weight is 199 g/mol. The number of hydrogen-bond acceptors (Lipinski definition) is 3. The van der Waals surface area contributed by atoms with E-state index >= 15 is 0 Å². The zero-order chi connectivity index (χ0) is 10.6. The first-order chi connectivity index (χ1) is 6.59. The number of nitrogens with two attached hydrogens (primary N) is 1. The van der Waals surface area contributed by atoms with Crippen molar-refractivity contribution in [2.75, 3.05) is 33.7 Å². The molecule has 0 aromatic carbocycles. The number of primary amides is 1. The number of carbonyl (C=O) groups is 1. The fourth-order valence-electron chi connectivity index (χ4n) is 1.96. The van der Waals surface area contributed by atoms with Gasteiger partial charge in [0.1, 0.15) is 0 Å². The third-order valence-corrected chi connectivity index (χ3v) is 2.93. The summed E-state index contributed by atoms with van der Waals surface area (Å²) in [5.41, 5.74) is 5.10. The van der Waals surface area contributed by atoms with Crippen molar-refractivity contribution in [1.29, 1.82) is 0 Å². The third kappa shape index (κ3) is 3.64. The smallest absolute Gasteiger partial charge is 0.218 e. The minimum absolute atomic E-state index is 0.211. The zero-order valence-corrected chi connectivity index (χ0v) is 9.20. The minimum atomic E-state index is -0.211. The Labute approximate surface area is 86.0 Å². The monoisotopic (exact) mass is 199 g/mol. The average Bonchev–Trinajstić information content (AvgIpc) is 2.49. The highest BCUT2D eigenvalue weighted by molar-refractivity contribution is 5.73. The van der Waals surface area contributed by atoms with Gasteiger partial charge in [-0.3, -0.25) is 4.79 Å². The SMILES string of the molecule is CN(CCC(N)=O)CC1CCCN1C. The Bertz CT molecular complexity index is 196. The Morgan fingerprint density at radius 1 is 1.64 bits per heavy atom. The van der Waals surface area contributed by atoms with Crippen LogP contribution in [0.2, 0.25) is 0 Å². The quantitative estimate of drug-likeness (QED) is 0.672. The Kier molecular flexibility index (Phi) is 4.35. The van der Waals surface area contributed by atoms with Gasteiger partial charge in [-0.1, -0.05) is 0 Å². The van der Waals surface area contributed by atoms with Crippen molar-refractivity contribution in [3.05, 3.63) is 0 Å². The predicted octanol–water partition coefficient (Wildman–Crippen LogP) is -0.112. The van der Waals surface area contributed by atoms with E-state index in [4.69, 9.17) is 5.73 Å². The van der Waals surface area contributed by atoms with E-state index in [0.717, 1.165) is 13.1 Å². The van der Waals surface area contributed by atoms with Gasteiger partial charge in [0.15, 0.2) is 0 Å². The molecule has 1 saturated heterocycles. The van der Waals surface area contributed by atoms with Crippen molar-refractivity contribution in [2.24, 2.45) is 5.73 Å². The van der Waals surface area contributed by atoms with E-state index in [1.807, 2.05) is 0 Å². The van der Waals surface area contributed by atoms with Gasteiger partial charge in [0.25, 0.3) is 0 Å². The molecule has 0 bridgehead atoms. The maximum atomic E-state index is 10.6. The Morgan fingerprint density at radius 2 is 2.36 bits per heavy atom. The normalized spacial score (nSPS) is 23.2. The number of nitrogens with zero attached hydrogens (tertiary/aromatic N) is 2. The van der Waals surface area contributed by atoms with E-state index in [0.29, 0.717) is 12.5 Å². The lowest BCUT2D eigenvalue weighted by atomic mass is 10.2. The fourth-order valence-corrected chi connectivity index (χ4v) is 1.96. The van der Waals surface area contributed by atoms with Crippen LogP contribution < -0.4 is 5.73 Å². The van der Waals surface area contributed by atoms with E-state index in [1.165, 1.54) is 19.4 Å². The van der Waals surface area contributed by atoms with Gasteiger partial charge in [-0.15, -0.1) is 0 Å². The number of likely N-dealkylation sites (N-methyl/N-ethyl adjacent to an activating group) is 2. The van der Waals surface area contributed by atoms with Gasteiger partial charge >= 0.3 is 0 Å². The lowest BCUT2D eigenvalue weighted by molar-refractivity contribution is -0.118. The molecule has 1 amide bonds. The van der Waals surface area contributed by atoms with Crippen LogP contribution >= 0.6 is 0 Å². The van der Waals surface area contributed by atoms with Gasteiger partial charge < -0.3 is 15.5 Å².